The Hall–Kier alpha value is -4.56. The number of amides is 2. The second-order valence-electron chi connectivity index (χ2n) is 16.3. The molecule has 4 aromatic rings. The molecule has 0 unspecified atom stereocenters. The lowest BCUT2D eigenvalue weighted by Crippen LogP contribution is -2.42. The van der Waals surface area contributed by atoms with E-state index in [0.29, 0.717) is 46.6 Å². The number of hydrogen-bond acceptors (Lipinski definition) is 8. The van der Waals surface area contributed by atoms with Gasteiger partial charge in [-0.15, -0.1) is 0 Å². The van der Waals surface area contributed by atoms with Gasteiger partial charge in [-0.1, -0.05) is 35.9 Å². The highest BCUT2D eigenvalue weighted by Crippen LogP contribution is 2.38. The van der Waals surface area contributed by atoms with Gasteiger partial charge in [-0.2, -0.15) is 0 Å². The van der Waals surface area contributed by atoms with E-state index in [1.165, 1.54) is 0 Å². The fourth-order valence-corrected chi connectivity index (χ4v) is 9.68. The molecule has 3 aliphatic heterocycles. The molecule has 2 aromatic heterocycles. The molecule has 0 spiro atoms. The minimum absolute atomic E-state index is 0.192. The van der Waals surface area contributed by atoms with Crippen molar-refractivity contribution in [1.82, 2.24) is 28.9 Å². The summed E-state index contributed by atoms with van der Waals surface area (Å²) in [7, 11) is 3.81. The Kier molecular flexibility index (Phi) is 11.5. The van der Waals surface area contributed by atoms with Crippen molar-refractivity contribution >= 4 is 40.8 Å². The molecule has 14 heteroatoms. The van der Waals surface area contributed by atoms with Crippen LogP contribution in [0.5, 0.6) is 0 Å². The first-order valence-corrected chi connectivity index (χ1v) is 20.8. The van der Waals surface area contributed by atoms with Gasteiger partial charge in [0.05, 0.1) is 28.0 Å². The largest absolute Gasteiger partial charge is 0.481 e. The Morgan fingerprint density at radius 3 is 2.07 bits per heavy atom. The molecule has 5 heterocycles. The SMILES string of the molecule is Cc1c(NC(=O)c2nc3c(n2C)CCN(C2CCOCC2)C3)cccc1-c1cccc(NC(=O)c2nc3c(n2C)CCN(CC[C@H]2CC[C@H](C(=O)O)CC2)C3)c1Cl. The first kappa shape index (κ1) is 39.3. The van der Waals surface area contributed by atoms with Gasteiger partial charge >= 0.3 is 5.97 Å². The van der Waals surface area contributed by atoms with E-state index >= 15 is 0 Å². The molecule has 302 valence electrons. The van der Waals surface area contributed by atoms with E-state index in [4.69, 9.17) is 26.3 Å². The van der Waals surface area contributed by atoms with E-state index in [1.54, 1.807) is 6.07 Å². The first-order chi connectivity index (χ1) is 27.5. The molecule has 2 aromatic carbocycles. The predicted octanol–water partition coefficient (Wildman–Crippen LogP) is 6.46. The molecule has 1 saturated heterocycles. The molecule has 0 radical (unpaired) electrons. The third-order valence-electron chi connectivity index (χ3n) is 12.9. The van der Waals surface area contributed by atoms with E-state index in [0.717, 1.165) is 137 Å². The van der Waals surface area contributed by atoms with Crippen molar-refractivity contribution in [3.8, 4) is 11.1 Å². The van der Waals surface area contributed by atoms with Crippen LogP contribution in [0.2, 0.25) is 5.02 Å². The Balaban J connectivity index is 0.921. The van der Waals surface area contributed by atoms with Gasteiger partial charge in [0, 0.05) is 95.0 Å². The van der Waals surface area contributed by atoms with Crippen molar-refractivity contribution in [2.24, 2.45) is 25.9 Å². The quantitative estimate of drug-likeness (QED) is 0.165. The second kappa shape index (κ2) is 16.7. The molecule has 3 N–H and O–H groups in total. The standard InChI is InChI=1S/C43H53ClN8O5/c1-26-30(6-4-8-32(26)47-41(53)39-46-35-25-52(21-16-37(35)50(39)3)29-17-22-57-23-18-29)31-7-5-9-33(38(31)44)48-42(54)40-45-34-24-51(20-15-36(34)49(40)2)19-14-27-10-12-28(13-11-27)43(55)56/h4-9,27-29H,10-25H2,1-3H3,(H,47,53)(H,48,54)(H,55,56)/t27-,28-. The molecular formula is C43H53ClN8O5. The maximum Gasteiger partial charge on any atom is 0.306 e. The van der Waals surface area contributed by atoms with Crippen molar-refractivity contribution in [2.45, 2.75) is 83.8 Å². The number of rotatable bonds is 10. The van der Waals surface area contributed by atoms with Gasteiger partial charge in [-0.05, 0) is 87.6 Å². The Bertz CT molecular complexity index is 2170. The number of benzene rings is 2. The van der Waals surface area contributed by atoms with Crippen molar-refractivity contribution < 1.29 is 24.2 Å². The zero-order chi connectivity index (χ0) is 39.8. The minimum Gasteiger partial charge on any atom is -0.481 e. The first-order valence-electron chi connectivity index (χ1n) is 20.4. The third kappa shape index (κ3) is 8.12. The number of nitrogens with one attached hydrogen (secondary N) is 2. The highest BCUT2D eigenvalue weighted by atomic mass is 35.5. The summed E-state index contributed by atoms with van der Waals surface area (Å²) in [6, 6.07) is 11.8. The summed E-state index contributed by atoms with van der Waals surface area (Å²) in [6.45, 7) is 7.74. The molecular weight excluding hydrogens is 744 g/mol. The van der Waals surface area contributed by atoms with Gasteiger partial charge in [0.1, 0.15) is 0 Å². The van der Waals surface area contributed by atoms with Gasteiger partial charge in [0.2, 0.25) is 0 Å². The molecule has 1 saturated carbocycles. The van der Waals surface area contributed by atoms with Crippen LogP contribution in [0.4, 0.5) is 11.4 Å². The number of ether oxygens (including phenoxy) is 1. The monoisotopic (exact) mass is 796 g/mol. The summed E-state index contributed by atoms with van der Waals surface area (Å²) in [5, 5.41) is 15.9. The van der Waals surface area contributed by atoms with Gasteiger partial charge in [0.25, 0.3) is 11.8 Å². The van der Waals surface area contributed by atoms with Gasteiger partial charge in [0.15, 0.2) is 11.6 Å². The fraction of sp³-hybridized carbons (Fsp3) is 0.512. The second-order valence-corrected chi connectivity index (χ2v) is 16.6. The van der Waals surface area contributed by atoms with Crippen molar-refractivity contribution in [3.05, 3.63) is 81.4 Å². The lowest BCUT2D eigenvalue weighted by atomic mass is 9.80. The predicted molar refractivity (Wildman–Crippen MR) is 219 cm³/mol. The summed E-state index contributed by atoms with van der Waals surface area (Å²) >= 11 is 7.04. The van der Waals surface area contributed by atoms with E-state index in [-0.39, 0.29) is 17.7 Å². The molecule has 8 rings (SSSR count). The van der Waals surface area contributed by atoms with Crippen LogP contribution in [0.25, 0.3) is 11.1 Å². The number of hydrogen-bond donors (Lipinski definition) is 3. The highest BCUT2D eigenvalue weighted by molar-refractivity contribution is 6.36. The Labute approximate surface area is 338 Å². The fourth-order valence-electron chi connectivity index (χ4n) is 9.41. The number of carbonyl (C=O) groups is 3. The molecule has 0 atom stereocenters. The average molecular weight is 797 g/mol. The smallest absolute Gasteiger partial charge is 0.306 e. The summed E-state index contributed by atoms with van der Waals surface area (Å²) in [6.07, 6.45) is 8.24. The van der Waals surface area contributed by atoms with Gasteiger partial charge < -0.3 is 29.6 Å². The summed E-state index contributed by atoms with van der Waals surface area (Å²) in [4.78, 5) is 53.3. The van der Waals surface area contributed by atoms with E-state index in [1.807, 2.05) is 60.5 Å². The van der Waals surface area contributed by atoms with E-state index < -0.39 is 5.97 Å². The zero-order valence-electron chi connectivity index (χ0n) is 33.2. The minimum atomic E-state index is -0.665. The average Bonchev–Trinajstić information content (AvgIpc) is 3.74. The number of carboxylic acid groups (broad SMARTS) is 1. The number of imidazole rings is 2. The lowest BCUT2D eigenvalue weighted by Gasteiger charge is -2.36. The van der Waals surface area contributed by atoms with E-state index in [2.05, 4.69) is 20.4 Å². The lowest BCUT2D eigenvalue weighted by molar-refractivity contribution is -0.143. The van der Waals surface area contributed by atoms with Crippen LogP contribution in [0.1, 0.15) is 94.5 Å². The molecule has 1 aliphatic carbocycles. The van der Waals surface area contributed by atoms with Crippen LogP contribution in [0.15, 0.2) is 36.4 Å². The molecule has 4 aliphatic rings. The molecule has 57 heavy (non-hydrogen) atoms. The topological polar surface area (TPSA) is 147 Å². The number of aliphatic carboxylic acids is 1. The maximum absolute atomic E-state index is 13.7. The van der Waals surface area contributed by atoms with Crippen LogP contribution in [-0.4, -0.2) is 90.7 Å². The van der Waals surface area contributed by atoms with Gasteiger partial charge in [-0.3, -0.25) is 24.2 Å². The van der Waals surface area contributed by atoms with Crippen molar-refractivity contribution in [2.75, 3.05) is 43.5 Å². The zero-order valence-corrected chi connectivity index (χ0v) is 33.9. The summed E-state index contributed by atoms with van der Waals surface area (Å²) in [5.74, 6) is -0.171. The molecule has 13 nitrogen and oxygen atoms in total. The molecule has 0 bridgehead atoms. The number of anilines is 2. The van der Waals surface area contributed by atoms with E-state index in [9.17, 15) is 19.5 Å². The van der Waals surface area contributed by atoms with Gasteiger partial charge in [-0.25, -0.2) is 9.97 Å². The number of nitrogens with zero attached hydrogens (tertiary/aromatic N) is 6. The van der Waals surface area contributed by atoms with Crippen LogP contribution in [0.3, 0.4) is 0 Å². The molecule has 2 fully saturated rings. The highest BCUT2D eigenvalue weighted by Gasteiger charge is 2.31. The Morgan fingerprint density at radius 1 is 0.807 bits per heavy atom. The number of carboxylic acids is 1. The number of halogens is 1. The van der Waals surface area contributed by atoms with Crippen LogP contribution < -0.4 is 10.6 Å². The number of aromatic nitrogens is 4. The van der Waals surface area contributed by atoms with Crippen LogP contribution in [0, 0.1) is 18.8 Å². The van der Waals surface area contributed by atoms with Crippen LogP contribution >= 0.6 is 11.6 Å². The molecule has 2 amide bonds. The van der Waals surface area contributed by atoms with Crippen molar-refractivity contribution in [1.29, 1.82) is 0 Å². The number of fused-ring (bicyclic) bond motifs is 2. The summed E-state index contributed by atoms with van der Waals surface area (Å²) in [5.41, 5.74) is 7.60. The number of carbonyl (C=O) groups excluding carboxylic acids is 2. The third-order valence-corrected chi connectivity index (χ3v) is 13.3. The Morgan fingerprint density at radius 2 is 1.40 bits per heavy atom. The van der Waals surface area contributed by atoms with Crippen LogP contribution in [-0.2, 0) is 49.6 Å². The maximum atomic E-state index is 13.7. The normalized spacial score (nSPS) is 20.5. The summed E-state index contributed by atoms with van der Waals surface area (Å²) < 4.78 is 9.39. The van der Waals surface area contributed by atoms with Crippen molar-refractivity contribution in [3.63, 3.8) is 0 Å².